The van der Waals surface area contributed by atoms with Gasteiger partial charge >= 0.3 is 12.4 Å². The Hall–Kier alpha value is -2.93. The van der Waals surface area contributed by atoms with Crippen LogP contribution in [-0.2, 0) is 12.4 Å². The molecule has 0 bridgehead atoms. The Labute approximate surface area is 189 Å². The Bertz CT molecular complexity index is 1170. The van der Waals surface area contributed by atoms with E-state index in [0.717, 1.165) is 0 Å². The van der Waals surface area contributed by atoms with Crippen molar-refractivity contribution in [3.05, 3.63) is 59.2 Å². The summed E-state index contributed by atoms with van der Waals surface area (Å²) in [5, 5.41) is 16.5. The van der Waals surface area contributed by atoms with E-state index < -0.39 is 46.8 Å². The van der Waals surface area contributed by atoms with Crippen LogP contribution < -0.4 is 5.32 Å². The first kappa shape index (κ1) is 24.2. The van der Waals surface area contributed by atoms with Gasteiger partial charge in [0, 0.05) is 31.8 Å². The van der Waals surface area contributed by atoms with Gasteiger partial charge in [0.1, 0.15) is 11.6 Å². The number of aromatic nitrogens is 3. The number of alkyl halides is 6. The number of hydrogen-bond acceptors (Lipinski definition) is 5. The maximum atomic E-state index is 13.4. The molecule has 3 heterocycles. The second-order valence-electron chi connectivity index (χ2n) is 8.49. The number of halogens is 7. The minimum absolute atomic E-state index is 0.0562. The fourth-order valence-corrected chi connectivity index (χ4v) is 3.97. The third-order valence-electron chi connectivity index (χ3n) is 5.66. The predicted octanol–water partition coefficient (Wildman–Crippen LogP) is 4.52. The molecule has 2 aromatic heterocycles. The molecule has 1 fully saturated rings. The van der Waals surface area contributed by atoms with E-state index in [2.05, 4.69) is 15.4 Å². The van der Waals surface area contributed by atoms with Crippen molar-refractivity contribution in [1.29, 1.82) is 0 Å². The van der Waals surface area contributed by atoms with Crippen LogP contribution in [-0.4, -0.2) is 49.8 Å². The van der Waals surface area contributed by atoms with E-state index in [1.807, 2.05) is 4.90 Å². The van der Waals surface area contributed by atoms with Crippen LogP contribution in [0.3, 0.4) is 0 Å². The molecular formula is C21H20F7N5O. The van der Waals surface area contributed by atoms with E-state index in [4.69, 9.17) is 0 Å². The second-order valence-corrected chi connectivity index (χ2v) is 8.49. The summed E-state index contributed by atoms with van der Waals surface area (Å²) in [6.45, 7) is 2.29. The molecule has 1 aliphatic rings. The topological polar surface area (TPSA) is 65.7 Å². The van der Waals surface area contributed by atoms with E-state index in [0.29, 0.717) is 35.2 Å². The van der Waals surface area contributed by atoms with Gasteiger partial charge in [-0.2, -0.15) is 36.0 Å². The van der Waals surface area contributed by atoms with Crippen molar-refractivity contribution >= 4 is 11.5 Å². The third kappa shape index (κ3) is 5.09. The quantitative estimate of drug-likeness (QED) is 0.514. The number of benzene rings is 1. The average molecular weight is 491 g/mol. The van der Waals surface area contributed by atoms with E-state index in [1.165, 1.54) is 24.3 Å². The molecule has 13 heteroatoms. The summed E-state index contributed by atoms with van der Waals surface area (Å²) in [5.74, 6) is -0.823. The Morgan fingerprint density at radius 2 is 1.71 bits per heavy atom. The number of hydrogen-bond donors (Lipinski definition) is 2. The lowest BCUT2D eigenvalue weighted by Gasteiger charge is -2.30. The highest BCUT2D eigenvalue weighted by molar-refractivity contribution is 5.51. The van der Waals surface area contributed by atoms with Gasteiger partial charge < -0.3 is 10.4 Å². The van der Waals surface area contributed by atoms with Crippen LogP contribution in [0, 0.1) is 5.82 Å². The van der Waals surface area contributed by atoms with Gasteiger partial charge in [-0.15, -0.1) is 0 Å². The number of anilines is 1. The molecule has 184 valence electrons. The molecule has 4 rings (SSSR count). The van der Waals surface area contributed by atoms with Gasteiger partial charge in [-0.1, -0.05) is 12.1 Å². The van der Waals surface area contributed by atoms with Gasteiger partial charge in [0.25, 0.3) is 0 Å². The van der Waals surface area contributed by atoms with Crippen molar-refractivity contribution in [3.8, 4) is 0 Å². The Morgan fingerprint density at radius 1 is 1.06 bits per heavy atom. The molecule has 6 nitrogen and oxygen atoms in total. The van der Waals surface area contributed by atoms with E-state index >= 15 is 0 Å². The first-order chi connectivity index (χ1) is 15.7. The van der Waals surface area contributed by atoms with E-state index in [1.54, 1.807) is 6.92 Å². The van der Waals surface area contributed by atoms with Crippen molar-refractivity contribution in [2.75, 3.05) is 25.0 Å². The molecule has 2 atom stereocenters. The van der Waals surface area contributed by atoms with Gasteiger partial charge in [0.2, 0.25) is 0 Å². The fraction of sp³-hybridized carbons (Fsp3) is 0.429. The van der Waals surface area contributed by atoms with Crippen LogP contribution in [0.5, 0.6) is 0 Å². The van der Waals surface area contributed by atoms with Crippen LogP contribution in [0.25, 0.3) is 5.65 Å². The zero-order chi connectivity index (χ0) is 24.9. The predicted molar refractivity (Wildman–Crippen MR) is 107 cm³/mol. The molecule has 0 unspecified atom stereocenters. The number of nitrogens with zero attached hydrogens (tertiary/aromatic N) is 4. The van der Waals surface area contributed by atoms with Crippen molar-refractivity contribution in [1.82, 2.24) is 19.5 Å². The number of nitrogens with one attached hydrogen (secondary N) is 1. The Balaban J connectivity index is 1.71. The monoisotopic (exact) mass is 491 g/mol. The van der Waals surface area contributed by atoms with Crippen molar-refractivity contribution < 1.29 is 35.8 Å². The van der Waals surface area contributed by atoms with Crippen LogP contribution in [0.1, 0.15) is 36.3 Å². The number of aliphatic hydroxyl groups is 1. The van der Waals surface area contributed by atoms with Gasteiger partial charge in [-0.05, 0) is 31.0 Å². The highest BCUT2D eigenvalue weighted by Crippen LogP contribution is 2.34. The number of rotatable bonds is 5. The van der Waals surface area contributed by atoms with Crippen molar-refractivity contribution in [3.63, 3.8) is 0 Å². The molecule has 1 aliphatic heterocycles. The molecule has 0 spiro atoms. The number of β-amino-alcohol motifs (C(OH)–C–C–N with tert-alkyl or cyclic N) is 1. The summed E-state index contributed by atoms with van der Waals surface area (Å²) >= 11 is 0. The smallest absolute Gasteiger partial charge is 0.389 e. The summed E-state index contributed by atoms with van der Waals surface area (Å²) in [6, 6.07) is 5.97. The lowest BCUT2D eigenvalue weighted by molar-refractivity contribution is -0.142. The lowest BCUT2D eigenvalue weighted by Crippen LogP contribution is -2.35. The normalized spacial score (nSPS) is 20.7. The zero-order valence-corrected chi connectivity index (χ0v) is 17.8. The average Bonchev–Trinajstić information content (AvgIpc) is 3.32. The first-order valence-electron chi connectivity index (χ1n) is 10.2. The molecular weight excluding hydrogens is 471 g/mol. The molecule has 0 saturated carbocycles. The minimum atomic E-state index is -4.90. The third-order valence-corrected chi connectivity index (χ3v) is 5.66. The Morgan fingerprint density at radius 3 is 2.26 bits per heavy atom. The highest BCUT2D eigenvalue weighted by Gasteiger charge is 2.38. The number of fused-ring (bicyclic) bond motifs is 1. The Kier molecular flexibility index (Phi) is 5.96. The van der Waals surface area contributed by atoms with Crippen LogP contribution in [0.4, 0.5) is 36.6 Å². The van der Waals surface area contributed by atoms with Crippen molar-refractivity contribution in [2.24, 2.45) is 0 Å². The lowest BCUT2D eigenvalue weighted by atomic mass is 10.0. The van der Waals surface area contributed by atoms with E-state index in [9.17, 15) is 35.8 Å². The first-order valence-corrected chi connectivity index (χ1v) is 10.2. The second kappa shape index (κ2) is 8.38. The summed E-state index contributed by atoms with van der Waals surface area (Å²) in [6.07, 6.45) is -9.33. The van der Waals surface area contributed by atoms with Crippen LogP contribution in [0.15, 0.2) is 36.4 Å². The SMILES string of the molecule is C[C@@]1(O)CCN([C@H](CNc2cc(C(F)(F)F)nc3cc(C(F)(F)F)nn23)c2ccc(F)cc2)C1. The zero-order valence-electron chi connectivity index (χ0n) is 17.8. The summed E-state index contributed by atoms with van der Waals surface area (Å²) < 4.78 is 93.6. The number of likely N-dealkylation sites (tertiary alicyclic amines) is 1. The van der Waals surface area contributed by atoms with Crippen molar-refractivity contribution in [2.45, 2.75) is 37.3 Å². The molecule has 0 amide bonds. The maximum Gasteiger partial charge on any atom is 0.435 e. The molecule has 0 radical (unpaired) electrons. The van der Waals surface area contributed by atoms with Gasteiger partial charge in [0.05, 0.1) is 11.6 Å². The maximum absolute atomic E-state index is 13.4. The largest absolute Gasteiger partial charge is 0.435 e. The fourth-order valence-electron chi connectivity index (χ4n) is 3.97. The van der Waals surface area contributed by atoms with Gasteiger partial charge in [0.15, 0.2) is 17.0 Å². The minimum Gasteiger partial charge on any atom is -0.389 e. The van der Waals surface area contributed by atoms with Gasteiger partial charge in [-0.3, -0.25) is 4.90 Å². The summed E-state index contributed by atoms with van der Waals surface area (Å²) in [5.41, 5.74) is -3.75. The van der Waals surface area contributed by atoms with Crippen LogP contribution in [0.2, 0.25) is 0 Å². The summed E-state index contributed by atoms with van der Waals surface area (Å²) in [4.78, 5) is 5.15. The molecule has 3 aromatic rings. The van der Waals surface area contributed by atoms with Crippen LogP contribution >= 0.6 is 0 Å². The molecule has 1 saturated heterocycles. The highest BCUT2D eigenvalue weighted by atomic mass is 19.4. The molecule has 34 heavy (non-hydrogen) atoms. The molecule has 1 aromatic carbocycles. The standard InChI is InChI=1S/C21H20F7N5O/c1-19(34)6-7-32(11-19)14(12-2-4-13(22)5-3-12)10-29-17-8-15(20(23,24)25)30-18-9-16(21(26,27)28)31-33(17)18/h2-5,8-9,14,29,34H,6-7,10-11H2,1H3/t14-,19-/m1/s1. The molecule has 0 aliphatic carbocycles. The molecule has 2 N–H and O–H groups in total. The van der Waals surface area contributed by atoms with E-state index in [-0.39, 0.29) is 18.9 Å². The summed E-state index contributed by atoms with van der Waals surface area (Å²) in [7, 11) is 0. The van der Waals surface area contributed by atoms with Gasteiger partial charge in [-0.25, -0.2) is 9.37 Å².